The van der Waals surface area contributed by atoms with Crippen LogP contribution in [0.25, 0.3) is 16.9 Å². The number of anilines is 1. The van der Waals surface area contributed by atoms with Crippen molar-refractivity contribution in [2.45, 2.75) is 26.2 Å². The highest BCUT2D eigenvalue weighted by Crippen LogP contribution is 2.42. The largest absolute Gasteiger partial charge is 0.496 e. The SMILES string of the molecule is COc1cccc(OC)c1-c1nn(-c2ccc(C)cc2)c2c1CCCCN2. The Bertz CT molecular complexity index is 923. The minimum Gasteiger partial charge on any atom is -0.496 e. The molecule has 4 rings (SSSR count). The van der Waals surface area contributed by atoms with Crippen molar-refractivity contribution >= 4 is 5.82 Å². The van der Waals surface area contributed by atoms with Gasteiger partial charge in [-0.25, -0.2) is 4.68 Å². The van der Waals surface area contributed by atoms with Crippen LogP contribution in [0.2, 0.25) is 0 Å². The Morgan fingerprint density at radius 1 is 0.963 bits per heavy atom. The zero-order valence-electron chi connectivity index (χ0n) is 16.1. The molecule has 140 valence electrons. The molecule has 0 saturated carbocycles. The molecule has 0 amide bonds. The second-order valence-electron chi connectivity index (χ2n) is 6.84. The first kappa shape index (κ1) is 17.5. The van der Waals surface area contributed by atoms with Gasteiger partial charge in [-0.2, -0.15) is 5.10 Å². The molecule has 3 aromatic rings. The number of methoxy groups -OCH3 is 2. The Hall–Kier alpha value is -2.95. The zero-order chi connectivity index (χ0) is 18.8. The van der Waals surface area contributed by atoms with Crippen LogP contribution < -0.4 is 14.8 Å². The minimum atomic E-state index is 0.773. The summed E-state index contributed by atoms with van der Waals surface area (Å²) in [6.45, 7) is 3.05. The number of ether oxygens (including phenoxy) is 2. The topological polar surface area (TPSA) is 48.3 Å². The maximum atomic E-state index is 5.65. The van der Waals surface area contributed by atoms with Crippen LogP contribution in [0.5, 0.6) is 11.5 Å². The number of benzene rings is 2. The molecule has 0 atom stereocenters. The van der Waals surface area contributed by atoms with Crippen LogP contribution in [0.3, 0.4) is 0 Å². The van der Waals surface area contributed by atoms with E-state index >= 15 is 0 Å². The van der Waals surface area contributed by atoms with E-state index in [9.17, 15) is 0 Å². The van der Waals surface area contributed by atoms with Gasteiger partial charge in [0, 0.05) is 12.1 Å². The van der Waals surface area contributed by atoms with Crippen molar-refractivity contribution in [1.29, 1.82) is 0 Å². The van der Waals surface area contributed by atoms with Gasteiger partial charge in [-0.15, -0.1) is 0 Å². The van der Waals surface area contributed by atoms with E-state index < -0.39 is 0 Å². The molecule has 0 fully saturated rings. The Balaban J connectivity index is 1.96. The van der Waals surface area contributed by atoms with Crippen molar-refractivity contribution in [2.24, 2.45) is 0 Å². The molecular weight excluding hydrogens is 338 g/mol. The Kier molecular flexibility index (Phi) is 4.75. The molecule has 0 radical (unpaired) electrons. The van der Waals surface area contributed by atoms with E-state index in [2.05, 4.69) is 36.5 Å². The fraction of sp³-hybridized carbons (Fsp3) is 0.318. The number of aromatic nitrogens is 2. The third kappa shape index (κ3) is 3.14. The highest BCUT2D eigenvalue weighted by atomic mass is 16.5. The summed E-state index contributed by atoms with van der Waals surface area (Å²) in [5.41, 5.74) is 5.33. The molecule has 1 aromatic heterocycles. The molecule has 1 aliphatic heterocycles. The number of fused-ring (bicyclic) bond motifs is 1. The lowest BCUT2D eigenvalue weighted by Gasteiger charge is -2.12. The average molecular weight is 363 g/mol. The first-order valence-corrected chi connectivity index (χ1v) is 9.37. The third-order valence-corrected chi connectivity index (χ3v) is 5.07. The fourth-order valence-electron chi connectivity index (χ4n) is 3.66. The quantitative estimate of drug-likeness (QED) is 0.735. The van der Waals surface area contributed by atoms with Crippen molar-refractivity contribution < 1.29 is 9.47 Å². The van der Waals surface area contributed by atoms with Crippen LogP contribution >= 0.6 is 0 Å². The first-order chi connectivity index (χ1) is 13.2. The van der Waals surface area contributed by atoms with E-state index in [1.807, 2.05) is 22.9 Å². The molecule has 1 N–H and O–H groups in total. The minimum absolute atomic E-state index is 0.773. The lowest BCUT2D eigenvalue weighted by Crippen LogP contribution is -2.07. The van der Waals surface area contributed by atoms with Crippen molar-refractivity contribution in [2.75, 3.05) is 26.1 Å². The van der Waals surface area contributed by atoms with Crippen LogP contribution in [0, 0.1) is 6.92 Å². The van der Waals surface area contributed by atoms with Crippen molar-refractivity contribution in [3.05, 3.63) is 53.6 Å². The molecule has 0 aliphatic carbocycles. The van der Waals surface area contributed by atoms with Gasteiger partial charge in [0.1, 0.15) is 23.0 Å². The second kappa shape index (κ2) is 7.35. The van der Waals surface area contributed by atoms with Crippen LogP contribution in [0.15, 0.2) is 42.5 Å². The van der Waals surface area contributed by atoms with Gasteiger partial charge >= 0.3 is 0 Å². The van der Waals surface area contributed by atoms with Crippen LogP contribution in [-0.2, 0) is 6.42 Å². The monoisotopic (exact) mass is 363 g/mol. The van der Waals surface area contributed by atoms with E-state index in [0.29, 0.717) is 0 Å². The number of hydrogen-bond donors (Lipinski definition) is 1. The van der Waals surface area contributed by atoms with E-state index in [1.54, 1.807) is 14.2 Å². The van der Waals surface area contributed by atoms with Gasteiger partial charge in [0.2, 0.25) is 0 Å². The van der Waals surface area contributed by atoms with Crippen LogP contribution in [0.1, 0.15) is 24.0 Å². The number of hydrogen-bond acceptors (Lipinski definition) is 4. The number of nitrogens with zero attached hydrogens (tertiary/aromatic N) is 2. The molecule has 2 aromatic carbocycles. The summed E-state index contributed by atoms with van der Waals surface area (Å²) < 4.78 is 13.3. The lowest BCUT2D eigenvalue weighted by atomic mass is 10.0. The van der Waals surface area contributed by atoms with Crippen molar-refractivity contribution in [1.82, 2.24) is 9.78 Å². The normalized spacial score (nSPS) is 13.4. The van der Waals surface area contributed by atoms with Gasteiger partial charge < -0.3 is 14.8 Å². The van der Waals surface area contributed by atoms with E-state index in [-0.39, 0.29) is 0 Å². The Morgan fingerprint density at radius 2 is 1.67 bits per heavy atom. The Labute approximate surface area is 159 Å². The summed E-state index contributed by atoms with van der Waals surface area (Å²) in [6, 6.07) is 14.3. The zero-order valence-corrected chi connectivity index (χ0v) is 16.1. The number of rotatable bonds is 4. The predicted molar refractivity (Wildman–Crippen MR) is 108 cm³/mol. The molecule has 0 saturated heterocycles. The predicted octanol–water partition coefficient (Wildman–Crippen LogP) is 4.61. The summed E-state index contributed by atoms with van der Waals surface area (Å²) >= 11 is 0. The summed E-state index contributed by atoms with van der Waals surface area (Å²) in [4.78, 5) is 0. The van der Waals surface area contributed by atoms with Gasteiger partial charge in [-0.3, -0.25) is 0 Å². The summed E-state index contributed by atoms with van der Waals surface area (Å²) in [7, 11) is 3.37. The molecule has 27 heavy (non-hydrogen) atoms. The van der Waals surface area contributed by atoms with Crippen molar-refractivity contribution in [3.8, 4) is 28.4 Å². The molecule has 0 spiro atoms. The molecular formula is C22H25N3O2. The third-order valence-electron chi connectivity index (χ3n) is 5.07. The van der Waals surface area contributed by atoms with E-state index in [0.717, 1.165) is 60.1 Å². The maximum absolute atomic E-state index is 5.65. The highest BCUT2D eigenvalue weighted by molar-refractivity contribution is 5.80. The lowest BCUT2D eigenvalue weighted by molar-refractivity contribution is 0.397. The smallest absolute Gasteiger partial charge is 0.133 e. The highest BCUT2D eigenvalue weighted by Gasteiger charge is 2.25. The second-order valence-corrected chi connectivity index (χ2v) is 6.84. The van der Waals surface area contributed by atoms with Gasteiger partial charge in [0.05, 0.1) is 25.5 Å². The molecule has 0 bridgehead atoms. The van der Waals surface area contributed by atoms with Crippen LogP contribution in [0.4, 0.5) is 5.82 Å². The fourth-order valence-corrected chi connectivity index (χ4v) is 3.66. The molecule has 0 unspecified atom stereocenters. The van der Waals surface area contributed by atoms with Crippen LogP contribution in [-0.4, -0.2) is 30.5 Å². The van der Waals surface area contributed by atoms with E-state index in [1.165, 1.54) is 11.1 Å². The summed E-state index contributed by atoms with van der Waals surface area (Å²) in [5.74, 6) is 2.62. The standard InChI is InChI=1S/C22H25N3O2/c1-15-10-12-16(13-11-15)25-22-17(7-4-5-14-23-22)21(24-25)20-18(26-2)8-6-9-19(20)27-3/h6,8-13,23H,4-5,7,14H2,1-3H3. The maximum Gasteiger partial charge on any atom is 0.133 e. The van der Waals surface area contributed by atoms with Gasteiger partial charge in [-0.1, -0.05) is 23.8 Å². The number of aryl methyl sites for hydroxylation is 1. The molecule has 1 aliphatic rings. The molecule has 2 heterocycles. The number of nitrogens with one attached hydrogen (secondary N) is 1. The van der Waals surface area contributed by atoms with Gasteiger partial charge in [0.15, 0.2) is 0 Å². The van der Waals surface area contributed by atoms with Crippen molar-refractivity contribution in [3.63, 3.8) is 0 Å². The summed E-state index contributed by atoms with van der Waals surface area (Å²) in [5, 5.41) is 8.61. The first-order valence-electron chi connectivity index (χ1n) is 9.37. The van der Waals surface area contributed by atoms with E-state index in [4.69, 9.17) is 14.6 Å². The van der Waals surface area contributed by atoms with Gasteiger partial charge in [-0.05, 0) is 50.5 Å². The molecule has 5 nitrogen and oxygen atoms in total. The average Bonchev–Trinajstić information content (AvgIpc) is 2.88. The Morgan fingerprint density at radius 3 is 2.33 bits per heavy atom. The van der Waals surface area contributed by atoms with Gasteiger partial charge in [0.25, 0.3) is 0 Å². The summed E-state index contributed by atoms with van der Waals surface area (Å²) in [6.07, 6.45) is 3.25. The molecule has 5 heteroatoms.